The van der Waals surface area contributed by atoms with E-state index < -0.39 is 11.8 Å². The van der Waals surface area contributed by atoms with Crippen molar-refractivity contribution in [1.29, 1.82) is 0 Å². The van der Waals surface area contributed by atoms with Crippen molar-refractivity contribution >= 4 is 21.9 Å². The van der Waals surface area contributed by atoms with Crippen LogP contribution >= 0.6 is 15.9 Å². The number of carbonyl (C=O) groups is 1. The Kier molecular flexibility index (Phi) is 2.97. The van der Waals surface area contributed by atoms with Gasteiger partial charge in [-0.05, 0) is 28.1 Å². The van der Waals surface area contributed by atoms with Crippen LogP contribution in [0.25, 0.3) is 11.4 Å². The highest BCUT2D eigenvalue weighted by molar-refractivity contribution is 9.10. The fraction of sp³-hybridized carbons (Fsp3) is 0.0909. The third-order valence-electron chi connectivity index (χ3n) is 2.37. The molecule has 17 heavy (non-hydrogen) atoms. The summed E-state index contributed by atoms with van der Waals surface area (Å²) < 4.78 is 15.1. The Hall–Kier alpha value is -1.69. The highest BCUT2D eigenvalue weighted by atomic mass is 79.9. The third kappa shape index (κ3) is 1.95. The number of nitrogens with zero attached hydrogens (tertiary/aromatic N) is 2. The lowest BCUT2D eigenvalue weighted by Crippen LogP contribution is -2.06. The molecular formula is C11H8BrFN2O2. The smallest absolute Gasteiger partial charge is 0.355 e. The van der Waals surface area contributed by atoms with E-state index in [0.717, 1.165) is 0 Å². The number of benzene rings is 1. The van der Waals surface area contributed by atoms with E-state index in [1.54, 1.807) is 18.2 Å². The molecule has 0 atom stereocenters. The molecular weight excluding hydrogens is 291 g/mol. The SMILES string of the molecule is Cn1c(-c2ccccc2F)nc(Br)c1C(=O)O. The predicted molar refractivity (Wildman–Crippen MR) is 63.3 cm³/mol. The zero-order valence-corrected chi connectivity index (χ0v) is 10.4. The van der Waals surface area contributed by atoms with Crippen LogP contribution in [0.4, 0.5) is 4.39 Å². The predicted octanol–water partition coefficient (Wildman–Crippen LogP) is 2.69. The van der Waals surface area contributed by atoms with Crippen LogP contribution in [-0.4, -0.2) is 20.6 Å². The number of rotatable bonds is 2. The molecule has 1 heterocycles. The first-order valence-corrected chi connectivity index (χ1v) is 5.52. The van der Waals surface area contributed by atoms with Gasteiger partial charge in [-0.3, -0.25) is 0 Å². The molecule has 0 saturated carbocycles. The largest absolute Gasteiger partial charge is 0.476 e. The fourth-order valence-corrected chi connectivity index (χ4v) is 2.18. The van der Waals surface area contributed by atoms with Crippen molar-refractivity contribution < 1.29 is 14.3 Å². The number of hydrogen-bond donors (Lipinski definition) is 1. The molecule has 0 amide bonds. The van der Waals surface area contributed by atoms with Crippen LogP contribution in [0.2, 0.25) is 0 Å². The highest BCUT2D eigenvalue weighted by Crippen LogP contribution is 2.26. The van der Waals surface area contributed by atoms with Gasteiger partial charge in [0.25, 0.3) is 0 Å². The van der Waals surface area contributed by atoms with Crippen molar-refractivity contribution in [1.82, 2.24) is 9.55 Å². The van der Waals surface area contributed by atoms with Gasteiger partial charge in [0.05, 0.1) is 5.56 Å². The first-order valence-electron chi connectivity index (χ1n) is 4.72. The van der Waals surface area contributed by atoms with Crippen LogP contribution in [0.3, 0.4) is 0 Å². The monoisotopic (exact) mass is 298 g/mol. The van der Waals surface area contributed by atoms with Gasteiger partial charge < -0.3 is 9.67 Å². The lowest BCUT2D eigenvalue weighted by Gasteiger charge is -2.03. The molecule has 0 saturated heterocycles. The molecule has 88 valence electrons. The first-order chi connectivity index (χ1) is 8.02. The average Bonchev–Trinajstić information content (AvgIpc) is 2.55. The van der Waals surface area contributed by atoms with Gasteiger partial charge in [-0.1, -0.05) is 12.1 Å². The fourth-order valence-electron chi connectivity index (χ4n) is 1.58. The molecule has 2 rings (SSSR count). The van der Waals surface area contributed by atoms with E-state index in [2.05, 4.69) is 20.9 Å². The van der Waals surface area contributed by atoms with Gasteiger partial charge in [0.2, 0.25) is 0 Å². The molecule has 1 N–H and O–H groups in total. The molecule has 0 spiro atoms. The number of hydrogen-bond acceptors (Lipinski definition) is 2. The van der Waals surface area contributed by atoms with E-state index in [4.69, 9.17) is 5.11 Å². The van der Waals surface area contributed by atoms with Crippen molar-refractivity contribution in [3.63, 3.8) is 0 Å². The molecule has 6 heteroatoms. The Labute approximate surface area is 105 Å². The van der Waals surface area contributed by atoms with Crippen molar-refractivity contribution in [3.05, 3.63) is 40.4 Å². The highest BCUT2D eigenvalue weighted by Gasteiger charge is 2.20. The van der Waals surface area contributed by atoms with Crippen LogP contribution < -0.4 is 0 Å². The quantitative estimate of drug-likeness (QED) is 0.927. The van der Waals surface area contributed by atoms with Gasteiger partial charge >= 0.3 is 5.97 Å². The maximum absolute atomic E-state index is 13.6. The Morgan fingerprint density at radius 2 is 2.12 bits per heavy atom. The lowest BCUT2D eigenvalue weighted by molar-refractivity contribution is 0.0685. The van der Waals surface area contributed by atoms with Gasteiger partial charge in [-0.2, -0.15) is 0 Å². The maximum atomic E-state index is 13.6. The zero-order valence-electron chi connectivity index (χ0n) is 8.82. The second kappa shape index (κ2) is 4.29. The summed E-state index contributed by atoms with van der Waals surface area (Å²) in [4.78, 5) is 15.0. The molecule has 2 aromatic rings. The van der Waals surface area contributed by atoms with Gasteiger partial charge in [0.15, 0.2) is 5.69 Å². The van der Waals surface area contributed by atoms with E-state index in [-0.39, 0.29) is 21.7 Å². The molecule has 0 aliphatic rings. The summed E-state index contributed by atoms with van der Waals surface area (Å²) in [6, 6.07) is 6.09. The number of halogens is 2. The minimum absolute atomic E-state index is 0.0109. The van der Waals surface area contributed by atoms with Crippen molar-refractivity contribution in [2.45, 2.75) is 0 Å². The maximum Gasteiger partial charge on any atom is 0.355 e. The molecule has 0 bridgehead atoms. The van der Waals surface area contributed by atoms with Gasteiger partial charge in [0, 0.05) is 7.05 Å². The molecule has 0 radical (unpaired) electrons. The van der Waals surface area contributed by atoms with Gasteiger partial charge in [0.1, 0.15) is 16.2 Å². The number of carboxylic acids is 1. The van der Waals surface area contributed by atoms with Crippen molar-refractivity contribution in [2.24, 2.45) is 7.05 Å². The van der Waals surface area contributed by atoms with Crippen molar-refractivity contribution in [2.75, 3.05) is 0 Å². The minimum atomic E-state index is -1.12. The molecule has 0 aliphatic carbocycles. The molecule has 4 nitrogen and oxygen atoms in total. The minimum Gasteiger partial charge on any atom is -0.476 e. The Morgan fingerprint density at radius 1 is 1.47 bits per heavy atom. The van der Waals surface area contributed by atoms with Crippen LogP contribution in [0.1, 0.15) is 10.5 Å². The first kappa shape index (κ1) is 11.8. The lowest BCUT2D eigenvalue weighted by atomic mass is 10.2. The Bertz CT molecular complexity index is 595. The topological polar surface area (TPSA) is 55.1 Å². The summed E-state index contributed by atoms with van der Waals surface area (Å²) in [5, 5.41) is 8.99. The number of imidazole rings is 1. The molecule has 0 aliphatic heterocycles. The van der Waals surface area contributed by atoms with Crippen molar-refractivity contribution in [3.8, 4) is 11.4 Å². The summed E-state index contributed by atoms with van der Waals surface area (Å²) in [5.74, 6) is -1.29. The third-order valence-corrected chi connectivity index (χ3v) is 2.92. The second-order valence-corrected chi connectivity index (χ2v) is 4.17. The second-order valence-electron chi connectivity index (χ2n) is 3.42. The van der Waals surface area contributed by atoms with E-state index in [9.17, 15) is 9.18 Å². The van der Waals surface area contributed by atoms with Crippen LogP contribution in [0, 0.1) is 5.82 Å². The number of carboxylic acid groups (broad SMARTS) is 1. The summed E-state index contributed by atoms with van der Waals surface area (Å²) in [7, 11) is 1.53. The normalized spacial score (nSPS) is 10.5. The van der Waals surface area contributed by atoms with Gasteiger partial charge in [-0.15, -0.1) is 0 Å². The number of aromatic carboxylic acids is 1. The molecule has 1 aromatic carbocycles. The van der Waals surface area contributed by atoms with E-state index in [0.29, 0.717) is 0 Å². The standard InChI is InChI=1S/C11H8BrFN2O2/c1-15-8(11(16)17)9(12)14-10(15)6-4-2-3-5-7(6)13/h2-5H,1H3,(H,16,17). The van der Waals surface area contributed by atoms with Crippen LogP contribution in [-0.2, 0) is 7.05 Å². The molecule has 0 unspecified atom stereocenters. The summed E-state index contributed by atoms with van der Waals surface area (Å²) >= 11 is 3.06. The zero-order chi connectivity index (χ0) is 12.6. The van der Waals surface area contributed by atoms with E-state index >= 15 is 0 Å². The summed E-state index contributed by atoms with van der Waals surface area (Å²) in [6.07, 6.45) is 0. The summed E-state index contributed by atoms with van der Waals surface area (Å²) in [6.45, 7) is 0. The van der Waals surface area contributed by atoms with E-state index in [1.165, 1.54) is 17.7 Å². The van der Waals surface area contributed by atoms with Crippen LogP contribution in [0.5, 0.6) is 0 Å². The Morgan fingerprint density at radius 3 is 2.65 bits per heavy atom. The van der Waals surface area contributed by atoms with Crippen LogP contribution in [0.15, 0.2) is 28.9 Å². The average molecular weight is 299 g/mol. The number of aromatic nitrogens is 2. The Balaban J connectivity index is 2.66. The van der Waals surface area contributed by atoms with Gasteiger partial charge in [-0.25, -0.2) is 14.2 Å². The summed E-state index contributed by atoms with van der Waals surface area (Å²) in [5.41, 5.74) is 0.256. The molecule has 1 aromatic heterocycles. The van der Waals surface area contributed by atoms with E-state index in [1.807, 2.05) is 0 Å². The molecule has 0 fully saturated rings.